The summed E-state index contributed by atoms with van der Waals surface area (Å²) < 4.78 is 0. The molecule has 0 unspecified atom stereocenters. The Balaban J connectivity index is 0.00000441. The number of hydrogen-bond donors (Lipinski definition) is 3. The Hall–Kier alpha value is -0.790. The summed E-state index contributed by atoms with van der Waals surface area (Å²) in [6, 6.07) is 0. The number of hydrogen-bond acceptors (Lipinski definition) is 2. The summed E-state index contributed by atoms with van der Waals surface area (Å²) in [5.41, 5.74) is 0. The van der Waals surface area contributed by atoms with E-state index in [-0.39, 0.29) is 29.9 Å². The Morgan fingerprint density at radius 2 is 1.95 bits per heavy atom. The standard InChI is InChI=1S/C16H30N4O.HI/c1-3-10-19-16(17-4-2)20-12-11-18-15(21)13-14-8-6-5-7-9-14;/h3,14H,1,4-13H2,2H3,(H,18,21)(H2,17,19,20);1H. The molecule has 0 spiro atoms. The molecule has 1 fully saturated rings. The molecule has 0 atom stereocenters. The predicted molar refractivity (Wildman–Crippen MR) is 104 cm³/mol. The van der Waals surface area contributed by atoms with Gasteiger partial charge >= 0.3 is 0 Å². The van der Waals surface area contributed by atoms with Crippen molar-refractivity contribution in [3.05, 3.63) is 12.7 Å². The maximum atomic E-state index is 11.8. The monoisotopic (exact) mass is 422 g/mol. The van der Waals surface area contributed by atoms with E-state index in [1.54, 1.807) is 6.08 Å². The average molecular weight is 422 g/mol. The summed E-state index contributed by atoms with van der Waals surface area (Å²) in [7, 11) is 0. The van der Waals surface area contributed by atoms with Crippen LogP contribution in [0.1, 0.15) is 45.4 Å². The van der Waals surface area contributed by atoms with Crippen LogP contribution in [0.15, 0.2) is 17.6 Å². The topological polar surface area (TPSA) is 65.5 Å². The average Bonchev–Trinajstić information content (AvgIpc) is 2.50. The molecule has 0 bridgehead atoms. The highest BCUT2D eigenvalue weighted by Crippen LogP contribution is 2.25. The lowest BCUT2D eigenvalue weighted by atomic mass is 9.87. The zero-order valence-electron chi connectivity index (χ0n) is 13.7. The zero-order valence-corrected chi connectivity index (χ0v) is 16.0. The van der Waals surface area contributed by atoms with Crippen molar-refractivity contribution in [3.63, 3.8) is 0 Å². The number of aliphatic imine (C=N–C) groups is 1. The fourth-order valence-corrected chi connectivity index (χ4v) is 2.60. The lowest BCUT2D eigenvalue weighted by molar-refractivity contribution is -0.122. The third kappa shape index (κ3) is 10.0. The first-order chi connectivity index (χ1) is 10.3. The van der Waals surface area contributed by atoms with E-state index in [1.807, 2.05) is 6.92 Å². The predicted octanol–water partition coefficient (Wildman–Crippen LogP) is 2.43. The minimum absolute atomic E-state index is 0. The summed E-state index contributed by atoms with van der Waals surface area (Å²) in [5.74, 6) is 1.52. The lowest BCUT2D eigenvalue weighted by Crippen LogP contribution is -2.38. The van der Waals surface area contributed by atoms with Crippen LogP contribution in [0.2, 0.25) is 0 Å². The number of guanidine groups is 1. The third-order valence-corrected chi connectivity index (χ3v) is 3.66. The van der Waals surface area contributed by atoms with Crippen molar-refractivity contribution < 1.29 is 4.79 Å². The molecular weight excluding hydrogens is 391 g/mol. The van der Waals surface area contributed by atoms with Crippen LogP contribution in [-0.4, -0.2) is 38.0 Å². The van der Waals surface area contributed by atoms with Gasteiger partial charge < -0.3 is 16.0 Å². The fraction of sp³-hybridized carbons (Fsp3) is 0.750. The second-order valence-electron chi connectivity index (χ2n) is 5.49. The number of amides is 1. The SMILES string of the molecule is C=CCNC(=NCCNC(=O)CC1CCCCC1)NCC.I. The van der Waals surface area contributed by atoms with Gasteiger partial charge in [-0.1, -0.05) is 25.3 Å². The summed E-state index contributed by atoms with van der Waals surface area (Å²) >= 11 is 0. The Bertz CT molecular complexity index is 341. The molecule has 1 saturated carbocycles. The highest BCUT2D eigenvalue weighted by atomic mass is 127. The maximum Gasteiger partial charge on any atom is 0.220 e. The molecule has 0 radical (unpaired) electrons. The maximum absolute atomic E-state index is 11.8. The molecule has 1 rings (SSSR count). The van der Waals surface area contributed by atoms with E-state index in [9.17, 15) is 4.79 Å². The lowest BCUT2D eigenvalue weighted by Gasteiger charge is -2.20. The van der Waals surface area contributed by atoms with E-state index in [0.29, 0.717) is 32.0 Å². The normalized spacial score (nSPS) is 15.6. The molecule has 1 aliphatic rings. The third-order valence-electron chi connectivity index (χ3n) is 3.66. The summed E-state index contributed by atoms with van der Waals surface area (Å²) in [6.07, 6.45) is 8.78. The minimum Gasteiger partial charge on any atom is -0.357 e. The first-order valence-electron chi connectivity index (χ1n) is 8.16. The Kier molecular flexibility index (Phi) is 13.3. The summed E-state index contributed by atoms with van der Waals surface area (Å²) in [6.45, 7) is 8.37. The molecule has 128 valence electrons. The molecule has 6 heteroatoms. The quantitative estimate of drug-likeness (QED) is 0.185. The second-order valence-corrected chi connectivity index (χ2v) is 5.49. The summed E-state index contributed by atoms with van der Waals surface area (Å²) in [5, 5.41) is 9.24. The number of carbonyl (C=O) groups excluding carboxylic acids is 1. The molecule has 0 aromatic carbocycles. The van der Waals surface area contributed by atoms with Crippen LogP contribution in [0.4, 0.5) is 0 Å². The van der Waals surface area contributed by atoms with Crippen molar-refractivity contribution in [2.45, 2.75) is 45.4 Å². The highest BCUT2D eigenvalue weighted by molar-refractivity contribution is 14.0. The van der Waals surface area contributed by atoms with Gasteiger partial charge in [-0.15, -0.1) is 30.6 Å². The van der Waals surface area contributed by atoms with Crippen LogP contribution in [0.3, 0.4) is 0 Å². The Labute approximate surface area is 151 Å². The van der Waals surface area contributed by atoms with Crippen molar-refractivity contribution >= 4 is 35.8 Å². The van der Waals surface area contributed by atoms with Gasteiger partial charge in [-0.25, -0.2) is 0 Å². The number of carbonyl (C=O) groups is 1. The summed E-state index contributed by atoms with van der Waals surface area (Å²) in [4.78, 5) is 16.3. The first-order valence-corrected chi connectivity index (χ1v) is 8.16. The van der Waals surface area contributed by atoms with Crippen LogP contribution in [-0.2, 0) is 4.79 Å². The van der Waals surface area contributed by atoms with Gasteiger partial charge in [0.15, 0.2) is 5.96 Å². The van der Waals surface area contributed by atoms with Crippen LogP contribution >= 0.6 is 24.0 Å². The fourth-order valence-electron chi connectivity index (χ4n) is 2.60. The Morgan fingerprint density at radius 3 is 2.59 bits per heavy atom. The molecule has 1 aliphatic carbocycles. The van der Waals surface area contributed by atoms with Gasteiger partial charge in [0.05, 0.1) is 6.54 Å². The van der Waals surface area contributed by atoms with Crippen molar-refractivity contribution in [2.75, 3.05) is 26.2 Å². The van der Waals surface area contributed by atoms with Crippen LogP contribution < -0.4 is 16.0 Å². The van der Waals surface area contributed by atoms with Crippen molar-refractivity contribution in [3.8, 4) is 0 Å². The number of nitrogens with zero attached hydrogens (tertiary/aromatic N) is 1. The molecule has 3 N–H and O–H groups in total. The van der Waals surface area contributed by atoms with Gasteiger partial charge in [-0.2, -0.15) is 0 Å². The molecular formula is C16H31IN4O. The van der Waals surface area contributed by atoms with Crippen molar-refractivity contribution in [1.29, 1.82) is 0 Å². The molecule has 0 aliphatic heterocycles. The largest absolute Gasteiger partial charge is 0.357 e. The first kappa shape index (κ1) is 21.2. The molecule has 0 saturated heterocycles. The van der Waals surface area contributed by atoms with Crippen molar-refractivity contribution in [1.82, 2.24) is 16.0 Å². The van der Waals surface area contributed by atoms with E-state index in [0.717, 1.165) is 12.5 Å². The van der Waals surface area contributed by atoms with E-state index < -0.39 is 0 Å². The second kappa shape index (κ2) is 13.8. The molecule has 0 heterocycles. The smallest absolute Gasteiger partial charge is 0.220 e. The van der Waals surface area contributed by atoms with Gasteiger partial charge in [0.25, 0.3) is 0 Å². The van der Waals surface area contributed by atoms with E-state index in [2.05, 4.69) is 27.5 Å². The van der Waals surface area contributed by atoms with Crippen LogP contribution in [0.5, 0.6) is 0 Å². The number of halogens is 1. The van der Waals surface area contributed by atoms with Crippen molar-refractivity contribution in [2.24, 2.45) is 10.9 Å². The van der Waals surface area contributed by atoms with E-state index >= 15 is 0 Å². The van der Waals surface area contributed by atoms with Crippen LogP contribution in [0.25, 0.3) is 0 Å². The van der Waals surface area contributed by atoms with Gasteiger partial charge in [0, 0.05) is 26.1 Å². The minimum atomic E-state index is 0. The molecule has 0 aromatic rings. The van der Waals surface area contributed by atoms with Crippen LogP contribution in [0, 0.1) is 5.92 Å². The Morgan fingerprint density at radius 1 is 1.23 bits per heavy atom. The highest BCUT2D eigenvalue weighted by Gasteiger charge is 2.16. The van der Waals surface area contributed by atoms with E-state index in [1.165, 1.54) is 32.1 Å². The molecule has 5 nitrogen and oxygen atoms in total. The van der Waals surface area contributed by atoms with Gasteiger partial charge in [0.1, 0.15) is 0 Å². The van der Waals surface area contributed by atoms with Gasteiger partial charge in [-0.3, -0.25) is 9.79 Å². The van der Waals surface area contributed by atoms with Gasteiger partial charge in [0.2, 0.25) is 5.91 Å². The molecule has 0 aromatic heterocycles. The van der Waals surface area contributed by atoms with E-state index in [4.69, 9.17) is 0 Å². The number of rotatable bonds is 8. The zero-order chi connectivity index (χ0) is 15.3. The number of nitrogens with one attached hydrogen (secondary N) is 3. The molecule has 1 amide bonds. The van der Waals surface area contributed by atoms with Gasteiger partial charge in [-0.05, 0) is 25.7 Å². The molecule has 22 heavy (non-hydrogen) atoms.